The second-order valence-electron chi connectivity index (χ2n) is 11.1. The topological polar surface area (TPSA) is 9.23 Å². The smallest absolute Gasteiger partial charge is 0.201 e. The predicted molar refractivity (Wildman–Crippen MR) is 149 cm³/mol. The summed E-state index contributed by atoms with van der Waals surface area (Å²) in [7, 11) is 0. The molecule has 5 heteroatoms. The number of halogens is 4. The standard InChI is InChI=1S/C34H36F4O/c1-3-21-5-7-22(8-6-21)23-9-11-24(12-10-23)27-17-18-28(32(36)31(27)35)25-13-15-26(16-14-25)29-19-20-30(39-4-2)34(38)33(29)37/h3,13-24H,1,4-12H2,2H3. The fraction of sp³-hybridized carbons (Fsp3) is 0.412. The average molecular weight is 537 g/mol. The summed E-state index contributed by atoms with van der Waals surface area (Å²) >= 11 is 0. The van der Waals surface area contributed by atoms with Crippen LogP contribution in [-0.4, -0.2) is 6.61 Å². The molecule has 0 aliphatic heterocycles. The molecule has 2 saturated carbocycles. The van der Waals surface area contributed by atoms with Crippen LogP contribution in [0.5, 0.6) is 5.75 Å². The van der Waals surface area contributed by atoms with Crippen LogP contribution < -0.4 is 4.74 Å². The molecule has 0 aromatic heterocycles. The van der Waals surface area contributed by atoms with E-state index in [9.17, 15) is 8.78 Å². The van der Waals surface area contributed by atoms with Crippen molar-refractivity contribution in [1.82, 2.24) is 0 Å². The lowest BCUT2D eigenvalue weighted by Gasteiger charge is -2.37. The van der Waals surface area contributed by atoms with Gasteiger partial charge >= 0.3 is 0 Å². The first-order valence-corrected chi connectivity index (χ1v) is 14.2. The molecule has 0 radical (unpaired) electrons. The third-order valence-corrected chi connectivity index (χ3v) is 8.99. The molecule has 0 amide bonds. The van der Waals surface area contributed by atoms with Crippen molar-refractivity contribution in [3.8, 4) is 28.0 Å². The van der Waals surface area contributed by atoms with Gasteiger partial charge in [-0.25, -0.2) is 13.2 Å². The zero-order chi connectivity index (χ0) is 27.5. The van der Waals surface area contributed by atoms with E-state index in [1.807, 2.05) is 0 Å². The minimum atomic E-state index is -1.05. The predicted octanol–water partition coefficient (Wildman–Crippen LogP) is 10.2. The van der Waals surface area contributed by atoms with Gasteiger partial charge in [-0.05, 0) is 111 Å². The van der Waals surface area contributed by atoms with Crippen LogP contribution in [-0.2, 0) is 0 Å². The molecule has 3 aromatic rings. The van der Waals surface area contributed by atoms with Crippen molar-refractivity contribution in [2.75, 3.05) is 6.61 Å². The van der Waals surface area contributed by atoms with Crippen molar-refractivity contribution in [3.05, 3.63) is 90.0 Å². The van der Waals surface area contributed by atoms with Gasteiger partial charge in [0.15, 0.2) is 23.2 Å². The fourth-order valence-electron chi connectivity index (χ4n) is 6.71. The summed E-state index contributed by atoms with van der Waals surface area (Å²) in [5.41, 5.74) is 1.62. The second-order valence-corrected chi connectivity index (χ2v) is 11.1. The monoisotopic (exact) mass is 536 g/mol. The summed E-state index contributed by atoms with van der Waals surface area (Å²) < 4.78 is 64.7. The molecule has 2 aliphatic carbocycles. The molecule has 3 aromatic carbocycles. The first kappa shape index (κ1) is 27.5. The van der Waals surface area contributed by atoms with Gasteiger partial charge in [0, 0.05) is 11.1 Å². The number of ether oxygens (including phenoxy) is 1. The SMILES string of the molecule is C=CC1CCC(C2CCC(c3ccc(-c4ccc(-c5ccc(OCC)c(F)c5F)cc4)c(F)c3F)CC2)CC1. The van der Waals surface area contributed by atoms with Crippen LogP contribution in [0, 0.1) is 41.0 Å². The average Bonchev–Trinajstić information content (AvgIpc) is 2.97. The quantitative estimate of drug-likeness (QED) is 0.216. The maximum Gasteiger partial charge on any atom is 0.201 e. The van der Waals surface area contributed by atoms with Crippen molar-refractivity contribution in [1.29, 1.82) is 0 Å². The third-order valence-electron chi connectivity index (χ3n) is 8.99. The van der Waals surface area contributed by atoms with Gasteiger partial charge in [0.05, 0.1) is 6.61 Å². The Balaban J connectivity index is 1.28. The molecule has 0 N–H and O–H groups in total. The van der Waals surface area contributed by atoms with Crippen LogP contribution in [0.4, 0.5) is 17.6 Å². The summed E-state index contributed by atoms with van der Waals surface area (Å²) in [6.45, 7) is 5.86. The Kier molecular flexibility index (Phi) is 8.44. The summed E-state index contributed by atoms with van der Waals surface area (Å²) in [6, 6.07) is 12.6. The van der Waals surface area contributed by atoms with Gasteiger partial charge in [0.25, 0.3) is 0 Å². The van der Waals surface area contributed by atoms with Crippen molar-refractivity contribution >= 4 is 0 Å². The molecule has 1 nitrogen and oxygen atoms in total. The van der Waals surface area contributed by atoms with E-state index in [1.165, 1.54) is 37.8 Å². The summed E-state index contributed by atoms with van der Waals surface area (Å²) in [6.07, 6.45) is 11.0. The highest BCUT2D eigenvalue weighted by Gasteiger charge is 2.32. The lowest BCUT2D eigenvalue weighted by Crippen LogP contribution is -2.25. The van der Waals surface area contributed by atoms with E-state index < -0.39 is 23.3 Å². The summed E-state index contributed by atoms with van der Waals surface area (Å²) in [4.78, 5) is 0. The van der Waals surface area contributed by atoms with Gasteiger partial charge in [-0.2, -0.15) is 4.39 Å². The van der Waals surface area contributed by atoms with E-state index in [1.54, 1.807) is 43.3 Å². The first-order chi connectivity index (χ1) is 18.9. The Hall–Kier alpha value is -3.08. The van der Waals surface area contributed by atoms with E-state index in [2.05, 4.69) is 12.7 Å². The van der Waals surface area contributed by atoms with E-state index in [-0.39, 0.29) is 29.4 Å². The Bertz CT molecular complexity index is 1300. The lowest BCUT2D eigenvalue weighted by molar-refractivity contribution is 0.171. The number of allylic oxidation sites excluding steroid dienone is 1. The molecule has 0 bridgehead atoms. The van der Waals surface area contributed by atoms with Crippen molar-refractivity contribution in [2.45, 2.75) is 64.2 Å². The number of rotatable bonds is 7. The maximum atomic E-state index is 15.3. The Morgan fingerprint density at radius 2 is 1.18 bits per heavy atom. The van der Waals surface area contributed by atoms with Gasteiger partial charge in [-0.15, -0.1) is 6.58 Å². The lowest BCUT2D eigenvalue weighted by atomic mass is 9.68. The highest BCUT2D eigenvalue weighted by molar-refractivity contribution is 5.72. The minimum absolute atomic E-state index is 0.0363. The van der Waals surface area contributed by atoms with Crippen molar-refractivity contribution in [2.24, 2.45) is 17.8 Å². The highest BCUT2D eigenvalue weighted by atomic mass is 19.2. The molecule has 0 saturated heterocycles. The van der Waals surface area contributed by atoms with E-state index in [0.717, 1.165) is 31.6 Å². The molecule has 206 valence electrons. The zero-order valence-electron chi connectivity index (χ0n) is 22.5. The Morgan fingerprint density at radius 1 is 0.667 bits per heavy atom. The minimum Gasteiger partial charge on any atom is -0.491 e. The fourth-order valence-corrected chi connectivity index (χ4v) is 6.71. The van der Waals surface area contributed by atoms with Crippen molar-refractivity contribution in [3.63, 3.8) is 0 Å². The maximum absolute atomic E-state index is 15.3. The number of hydrogen-bond acceptors (Lipinski definition) is 1. The molecule has 0 unspecified atom stereocenters. The van der Waals surface area contributed by atoms with Gasteiger partial charge in [0.1, 0.15) is 0 Å². The first-order valence-electron chi connectivity index (χ1n) is 14.2. The summed E-state index contributed by atoms with van der Waals surface area (Å²) in [5.74, 6) is -1.69. The van der Waals surface area contributed by atoms with E-state index in [0.29, 0.717) is 28.5 Å². The van der Waals surface area contributed by atoms with Crippen LogP contribution in [0.2, 0.25) is 0 Å². The molecule has 39 heavy (non-hydrogen) atoms. The molecule has 0 spiro atoms. The van der Waals surface area contributed by atoms with Crippen LogP contribution in [0.15, 0.2) is 61.2 Å². The molecule has 2 aliphatic rings. The van der Waals surface area contributed by atoms with Gasteiger partial charge in [0.2, 0.25) is 5.82 Å². The largest absolute Gasteiger partial charge is 0.491 e. The molecule has 5 rings (SSSR count). The van der Waals surface area contributed by atoms with Crippen LogP contribution >= 0.6 is 0 Å². The van der Waals surface area contributed by atoms with Gasteiger partial charge in [-0.1, -0.05) is 42.5 Å². The van der Waals surface area contributed by atoms with Crippen LogP contribution in [0.1, 0.15) is 69.8 Å². The van der Waals surface area contributed by atoms with E-state index in [4.69, 9.17) is 4.74 Å². The zero-order valence-corrected chi connectivity index (χ0v) is 22.5. The summed E-state index contributed by atoms with van der Waals surface area (Å²) in [5, 5.41) is 0. The van der Waals surface area contributed by atoms with Crippen molar-refractivity contribution < 1.29 is 22.3 Å². The van der Waals surface area contributed by atoms with Gasteiger partial charge in [-0.3, -0.25) is 0 Å². The highest BCUT2D eigenvalue weighted by Crippen LogP contribution is 2.45. The van der Waals surface area contributed by atoms with Crippen LogP contribution in [0.25, 0.3) is 22.3 Å². The van der Waals surface area contributed by atoms with E-state index >= 15 is 8.78 Å². The third kappa shape index (κ3) is 5.64. The number of hydrogen-bond donors (Lipinski definition) is 0. The molecule has 2 fully saturated rings. The molecule has 0 atom stereocenters. The van der Waals surface area contributed by atoms with Gasteiger partial charge < -0.3 is 4.74 Å². The van der Waals surface area contributed by atoms with Crippen LogP contribution in [0.3, 0.4) is 0 Å². The Morgan fingerprint density at radius 3 is 1.72 bits per heavy atom. The number of benzene rings is 3. The normalized spacial score (nSPS) is 23.4. The molecular formula is C34H36F4O. The Labute approximate surface area is 228 Å². The molecular weight excluding hydrogens is 500 g/mol. The second kappa shape index (κ2) is 12.0. The molecule has 0 heterocycles.